The third-order valence-corrected chi connectivity index (χ3v) is 1.99. The zero-order valence-electron chi connectivity index (χ0n) is 10.0. The SMILES string of the molecule is CC(C)(C)Oc1cccc([C@@H](N)C(F)(F)F)c1. The lowest BCUT2D eigenvalue weighted by Gasteiger charge is -2.22. The van der Waals surface area contributed by atoms with Gasteiger partial charge in [-0.05, 0) is 38.5 Å². The molecule has 2 N–H and O–H groups in total. The molecule has 0 aliphatic heterocycles. The highest BCUT2D eigenvalue weighted by Gasteiger charge is 2.37. The van der Waals surface area contributed by atoms with Crippen molar-refractivity contribution in [1.29, 1.82) is 0 Å². The molecule has 17 heavy (non-hydrogen) atoms. The molecule has 0 radical (unpaired) electrons. The predicted octanol–water partition coefficient (Wildman–Crippen LogP) is 3.43. The molecule has 0 unspecified atom stereocenters. The Bertz CT molecular complexity index is 382. The minimum atomic E-state index is -4.44. The minimum Gasteiger partial charge on any atom is -0.488 e. The van der Waals surface area contributed by atoms with Crippen molar-refractivity contribution in [1.82, 2.24) is 0 Å². The van der Waals surface area contributed by atoms with Crippen molar-refractivity contribution in [2.24, 2.45) is 5.73 Å². The number of halogens is 3. The zero-order valence-corrected chi connectivity index (χ0v) is 10.0. The largest absolute Gasteiger partial charge is 0.488 e. The van der Waals surface area contributed by atoms with Crippen molar-refractivity contribution >= 4 is 0 Å². The monoisotopic (exact) mass is 247 g/mol. The lowest BCUT2D eigenvalue weighted by Crippen LogP contribution is -2.28. The summed E-state index contributed by atoms with van der Waals surface area (Å²) in [6, 6.07) is 3.79. The highest BCUT2D eigenvalue weighted by Crippen LogP contribution is 2.32. The maximum Gasteiger partial charge on any atom is 0.407 e. The molecule has 5 heteroatoms. The van der Waals surface area contributed by atoms with Crippen LogP contribution in [0.3, 0.4) is 0 Å². The molecular weight excluding hydrogens is 231 g/mol. The standard InChI is InChI=1S/C12H16F3NO/c1-11(2,3)17-9-6-4-5-8(7-9)10(16)12(13,14)15/h4-7,10H,16H2,1-3H3/t10-/m1/s1. The summed E-state index contributed by atoms with van der Waals surface area (Å²) in [5, 5.41) is 0. The van der Waals surface area contributed by atoms with Gasteiger partial charge in [-0.1, -0.05) is 12.1 Å². The van der Waals surface area contributed by atoms with Gasteiger partial charge in [-0.2, -0.15) is 13.2 Å². The van der Waals surface area contributed by atoms with E-state index in [-0.39, 0.29) is 5.56 Å². The number of rotatable bonds is 2. The summed E-state index contributed by atoms with van der Waals surface area (Å²) in [4.78, 5) is 0. The number of benzene rings is 1. The van der Waals surface area contributed by atoms with Gasteiger partial charge in [0.1, 0.15) is 17.4 Å². The van der Waals surface area contributed by atoms with E-state index in [0.29, 0.717) is 5.75 Å². The van der Waals surface area contributed by atoms with Crippen molar-refractivity contribution in [3.8, 4) is 5.75 Å². The van der Waals surface area contributed by atoms with Crippen LogP contribution < -0.4 is 10.5 Å². The van der Waals surface area contributed by atoms with E-state index >= 15 is 0 Å². The third-order valence-electron chi connectivity index (χ3n) is 1.99. The summed E-state index contributed by atoms with van der Waals surface area (Å²) < 4.78 is 42.8. The smallest absolute Gasteiger partial charge is 0.407 e. The molecule has 0 saturated heterocycles. The Morgan fingerprint density at radius 2 is 1.76 bits per heavy atom. The topological polar surface area (TPSA) is 35.2 Å². The number of hydrogen-bond donors (Lipinski definition) is 1. The molecule has 2 nitrogen and oxygen atoms in total. The number of alkyl halides is 3. The van der Waals surface area contributed by atoms with Gasteiger partial charge < -0.3 is 10.5 Å². The van der Waals surface area contributed by atoms with E-state index in [2.05, 4.69) is 0 Å². The molecule has 0 aliphatic rings. The molecule has 0 bridgehead atoms. The first-order valence-electron chi connectivity index (χ1n) is 5.21. The summed E-state index contributed by atoms with van der Waals surface area (Å²) >= 11 is 0. The van der Waals surface area contributed by atoms with Crippen LogP contribution in [0, 0.1) is 0 Å². The van der Waals surface area contributed by atoms with E-state index in [1.165, 1.54) is 18.2 Å². The third kappa shape index (κ3) is 4.26. The molecule has 0 saturated carbocycles. The fourth-order valence-electron chi connectivity index (χ4n) is 1.31. The van der Waals surface area contributed by atoms with Crippen LogP contribution in [0.15, 0.2) is 24.3 Å². The quantitative estimate of drug-likeness (QED) is 0.869. The Labute approximate surface area is 98.6 Å². The molecule has 0 fully saturated rings. The number of hydrogen-bond acceptors (Lipinski definition) is 2. The lowest BCUT2D eigenvalue weighted by atomic mass is 10.1. The Morgan fingerprint density at radius 1 is 1.18 bits per heavy atom. The summed E-state index contributed by atoms with van der Waals surface area (Å²) in [5.74, 6) is 0.384. The molecule has 1 aromatic carbocycles. The summed E-state index contributed by atoms with van der Waals surface area (Å²) in [7, 11) is 0. The van der Waals surface area contributed by atoms with Gasteiger partial charge in [0.2, 0.25) is 0 Å². The zero-order chi connectivity index (χ0) is 13.3. The average Bonchev–Trinajstić information content (AvgIpc) is 2.12. The van der Waals surface area contributed by atoms with Crippen LogP contribution in [0.5, 0.6) is 5.75 Å². The van der Waals surface area contributed by atoms with Gasteiger partial charge in [-0.25, -0.2) is 0 Å². The maximum atomic E-state index is 12.4. The predicted molar refractivity (Wildman–Crippen MR) is 59.8 cm³/mol. The molecule has 1 rings (SSSR count). The molecule has 0 spiro atoms. The van der Waals surface area contributed by atoms with Crippen molar-refractivity contribution < 1.29 is 17.9 Å². The first-order chi connectivity index (χ1) is 7.59. The van der Waals surface area contributed by atoms with Crippen LogP contribution >= 0.6 is 0 Å². The van der Waals surface area contributed by atoms with Crippen LogP contribution in [0.4, 0.5) is 13.2 Å². The highest BCUT2D eigenvalue weighted by atomic mass is 19.4. The van der Waals surface area contributed by atoms with Crippen LogP contribution in [-0.2, 0) is 0 Å². The van der Waals surface area contributed by atoms with E-state index < -0.39 is 17.8 Å². The van der Waals surface area contributed by atoms with Crippen LogP contribution in [0.2, 0.25) is 0 Å². The normalized spacial score (nSPS) is 14.5. The van der Waals surface area contributed by atoms with E-state index in [9.17, 15) is 13.2 Å². The van der Waals surface area contributed by atoms with Gasteiger partial charge >= 0.3 is 6.18 Å². The van der Waals surface area contributed by atoms with Gasteiger partial charge in [0, 0.05) is 0 Å². The molecule has 96 valence electrons. The van der Waals surface area contributed by atoms with Gasteiger partial charge in [0.25, 0.3) is 0 Å². The summed E-state index contributed by atoms with van der Waals surface area (Å²) in [6.07, 6.45) is -4.44. The van der Waals surface area contributed by atoms with Crippen molar-refractivity contribution in [2.75, 3.05) is 0 Å². The molecule has 0 amide bonds. The molecule has 1 aromatic rings. The number of nitrogens with two attached hydrogens (primary N) is 1. The molecular formula is C12H16F3NO. The van der Waals surface area contributed by atoms with Gasteiger partial charge in [-0.3, -0.25) is 0 Å². The highest BCUT2D eigenvalue weighted by molar-refractivity contribution is 5.31. The first kappa shape index (κ1) is 13.8. The minimum absolute atomic E-state index is 0.000694. The molecule has 0 aliphatic carbocycles. The fraction of sp³-hybridized carbons (Fsp3) is 0.500. The van der Waals surface area contributed by atoms with Gasteiger partial charge in [-0.15, -0.1) is 0 Å². The van der Waals surface area contributed by atoms with Crippen molar-refractivity contribution in [2.45, 2.75) is 38.6 Å². The number of ether oxygens (including phenoxy) is 1. The Balaban J connectivity index is 2.94. The van der Waals surface area contributed by atoms with E-state index in [0.717, 1.165) is 0 Å². The van der Waals surface area contributed by atoms with E-state index in [1.54, 1.807) is 6.07 Å². The molecule has 0 aromatic heterocycles. The lowest BCUT2D eigenvalue weighted by molar-refractivity contribution is -0.149. The molecule has 1 atom stereocenters. The second kappa shape index (κ2) is 4.56. The summed E-state index contributed by atoms with van der Waals surface area (Å²) in [6.45, 7) is 5.47. The van der Waals surface area contributed by atoms with Crippen LogP contribution in [-0.4, -0.2) is 11.8 Å². The second-order valence-electron chi connectivity index (χ2n) is 4.81. The van der Waals surface area contributed by atoms with Crippen molar-refractivity contribution in [3.05, 3.63) is 29.8 Å². The average molecular weight is 247 g/mol. The Hall–Kier alpha value is -1.23. The second-order valence-corrected chi connectivity index (χ2v) is 4.81. The summed E-state index contributed by atoms with van der Waals surface area (Å²) in [5.41, 5.74) is 4.67. The molecule has 0 heterocycles. The Kier molecular flexibility index (Phi) is 3.71. The van der Waals surface area contributed by atoms with E-state index in [4.69, 9.17) is 10.5 Å². The Morgan fingerprint density at radius 3 is 2.24 bits per heavy atom. The van der Waals surface area contributed by atoms with Crippen molar-refractivity contribution in [3.63, 3.8) is 0 Å². The fourth-order valence-corrected chi connectivity index (χ4v) is 1.31. The van der Waals surface area contributed by atoms with Gasteiger partial charge in [0.15, 0.2) is 0 Å². The van der Waals surface area contributed by atoms with E-state index in [1.807, 2.05) is 20.8 Å². The van der Waals surface area contributed by atoms with Crippen LogP contribution in [0.25, 0.3) is 0 Å². The maximum absolute atomic E-state index is 12.4. The van der Waals surface area contributed by atoms with Crippen LogP contribution in [0.1, 0.15) is 32.4 Å². The first-order valence-corrected chi connectivity index (χ1v) is 5.21. The van der Waals surface area contributed by atoms with Gasteiger partial charge in [0.05, 0.1) is 0 Å².